The predicted octanol–water partition coefficient (Wildman–Crippen LogP) is 4.52. The van der Waals surface area contributed by atoms with Gasteiger partial charge in [0.05, 0.1) is 29.7 Å². The third-order valence-electron chi connectivity index (χ3n) is 5.55. The lowest BCUT2D eigenvalue weighted by Crippen LogP contribution is -2.22. The van der Waals surface area contributed by atoms with Crippen molar-refractivity contribution in [3.63, 3.8) is 0 Å². The number of hydrogen-bond donors (Lipinski definition) is 1. The molecule has 1 aromatic carbocycles. The highest BCUT2D eigenvalue weighted by Gasteiger charge is 2.22. The summed E-state index contributed by atoms with van der Waals surface area (Å²) in [5, 5.41) is 3.95. The Labute approximate surface area is 200 Å². The van der Waals surface area contributed by atoms with Gasteiger partial charge in [0.15, 0.2) is 17.4 Å². The van der Waals surface area contributed by atoms with Crippen LogP contribution in [0.15, 0.2) is 33.5 Å². The average Bonchev–Trinajstić information content (AvgIpc) is 3.14. The number of carbonyl (C=O) groups is 1. The summed E-state index contributed by atoms with van der Waals surface area (Å²) in [6.07, 6.45) is 0. The third-order valence-corrected chi connectivity index (χ3v) is 5.76. The molecule has 1 atom stereocenters. The summed E-state index contributed by atoms with van der Waals surface area (Å²) < 4.78 is 11.9. The Balaban J connectivity index is 1.89. The van der Waals surface area contributed by atoms with Crippen LogP contribution in [-0.4, -0.2) is 32.6 Å². The van der Waals surface area contributed by atoms with E-state index in [1.165, 1.54) is 11.7 Å². The fourth-order valence-electron chi connectivity index (χ4n) is 3.95. The lowest BCUT2D eigenvalue weighted by Gasteiger charge is -2.20. The van der Waals surface area contributed by atoms with Crippen molar-refractivity contribution in [3.05, 3.63) is 68.2 Å². The van der Waals surface area contributed by atoms with Crippen molar-refractivity contribution in [2.24, 2.45) is 7.05 Å². The number of pyridine rings is 1. The van der Waals surface area contributed by atoms with Crippen LogP contribution in [0, 0.1) is 20.8 Å². The van der Waals surface area contributed by atoms with Crippen LogP contribution in [0.5, 0.6) is 0 Å². The molecule has 3 aromatic heterocycles. The first-order valence-electron chi connectivity index (χ1n) is 10.6. The van der Waals surface area contributed by atoms with E-state index in [1.807, 2.05) is 26.0 Å². The highest BCUT2D eigenvalue weighted by atomic mass is 35.5. The van der Waals surface area contributed by atoms with Crippen molar-refractivity contribution in [1.82, 2.24) is 19.5 Å². The second kappa shape index (κ2) is 8.90. The summed E-state index contributed by atoms with van der Waals surface area (Å²) in [5.41, 5.74) is 3.05. The molecule has 0 saturated heterocycles. The number of benzene rings is 1. The highest BCUT2D eigenvalue weighted by Crippen LogP contribution is 2.30. The molecule has 0 amide bonds. The number of nitrogens with zero attached hydrogens (tertiary/aromatic N) is 4. The topological polar surface area (TPSA) is 112 Å². The van der Waals surface area contributed by atoms with Gasteiger partial charge in [-0.05, 0) is 44.5 Å². The quantitative estimate of drug-likeness (QED) is 0.327. The minimum Gasteiger partial charge on any atom is -0.464 e. The van der Waals surface area contributed by atoms with Gasteiger partial charge in [-0.1, -0.05) is 17.7 Å². The van der Waals surface area contributed by atoms with Crippen molar-refractivity contribution >= 4 is 34.2 Å². The maximum Gasteiger partial charge on any atom is 0.358 e. The molecule has 0 fully saturated rings. The lowest BCUT2D eigenvalue weighted by atomic mass is 10.0. The Hall–Kier alpha value is -3.72. The molecule has 0 saturated carbocycles. The molecule has 0 unspecified atom stereocenters. The molecule has 0 aliphatic rings. The molecule has 176 valence electrons. The average molecular weight is 482 g/mol. The van der Waals surface area contributed by atoms with Gasteiger partial charge in [0.1, 0.15) is 16.6 Å². The Bertz CT molecular complexity index is 1490. The van der Waals surface area contributed by atoms with Gasteiger partial charge >= 0.3 is 5.97 Å². The SMILES string of the molecule is COC(=O)c1nc(Cl)ccc1N[C@H](C)c1cc(C)cc2c(=O)n(C)c(-c3nc(C)oc3C)nc12. The largest absolute Gasteiger partial charge is 0.464 e. The molecule has 34 heavy (non-hydrogen) atoms. The fraction of sp³-hybridized carbons (Fsp3) is 0.292. The van der Waals surface area contributed by atoms with Crippen LogP contribution < -0.4 is 10.9 Å². The van der Waals surface area contributed by atoms with Crippen molar-refractivity contribution in [1.29, 1.82) is 0 Å². The van der Waals surface area contributed by atoms with E-state index in [-0.39, 0.29) is 22.4 Å². The van der Waals surface area contributed by atoms with Gasteiger partial charge in [0.25, 0.3) is 5.56 Å². The first-order chi connectivity index (χ1) is 16.1. The van der Waals surface area contributed by atoms with E-state index in [0.29, 0.717) is 39.8 Å². The summed E-state index contributed by atoms with van der Waals surface area (Å²) in [7, 11) is 2.94. The molecular formula is C24H24ClN5O4. The highest BCUT2D eigenvalue weighted by molar-refractivity contribution is 6.29. The summed E-state index contributed by atoms with van der Waals surface area (Å²) in [6, 6.07) is 6.67. The Kier molecular flexibility index (Phi) is 6.14. The van der Waals surface area contributed by atoms with E-state index < -0.39 is 5.97 Å². The second-order valence-electron chi connectivity index (χ2n) is 8.08. The zero-order chi connectivity index (χ0) is 24.7. The Morgan fingerprint density at radius 2 is 1.91 bits per heavy atom. The van der Waals surface area contributed by atoms with Crippen molar-refractivity contribution in [2.75, 3.05) is 12.4 Å². The van der Waals surface area contributed by atoms with Crippen LogP contribution >= 0.6 is 11.6 Å². The van der Waals surface area contributed by atoms with E-state index in [2.05, 4.69) is 15.3 Å². The molecule has 3 heterocycles. The molecule has 0 radical (unpaired) electrons. The number of halogens is 1. The third kappa shape index (κ3) is 4.14. The molecule has 9 nitrogen and oxygen atoms in total. The van der Waals surface area contributed by atoms with Gasteiger partial charge in [-0.2, -0.15) is 0 Å². The number of carbonyl (C=O) groups excluding carboxylic acids is 1. The number of hydrogen-bond acceptors (Lipinski definition) is 8. The van der Waals surface area contributed by atoms with Gasteiger partial charge in [-0.15, -0.1) is 0 Å². The van der Waals surface area contributed by atoms with Gasteiger partial charge in [0, 0.05) is 19.5 Å². The molecular weight excluding hydrogens is 458 g/mol. The van der Waals surface area contributed by atoms with Gasteiger partial charge < -0.3 is 14.5 Å². The normalized spacial score (nSPS) is 12.1. The lowest BCUT2D eigenvalue weighted by molar-refractivity contribution is 0.0595. The van der Waals surface area contributed by atoms with Crippen LogP contribution in [0.3, 0.4) is 0 Å². The molecule has 4 rings (SSSR count). The molecule has 10 heteroatoms. The number of nitrogens with one attached hydrogen (secondary N) is 1. The number of fused-ring (bicyclic) bond motifs is 1. The van der Waals surface area contributed by atoms with E-state index in [0.717, 1.165) is 11.1 Å². The number of anilines is 1. The van der Waals surface area contributed by atoms with Crippen molar-refractivity contribution < 1.29 is 13.9 Å². The van der Waals surface area contributed by atoms with E-state index in [4.69, 9.17) is 25.7 Å². The molecule has 1 N–H and O–H groups in total. The molecule has 4 aromatic rings. The molecule has 0 bridgehead atoms. The number of rotatable bonds is 5. The number of oxazole rings is 1. The van der Waals surface area contributed by atoms with Crippen LogP contribution in [0.1, 0.15) is 46.2 Å². The van der Waals surface area contributed by atoms with Gasteiger partial charge in [-0.25, -0.2) is 19.7 Å². The summed E-state index contributed by atoms with van der Waals surface area (Å²) >= 11 is 5.99. The van der Waals surface area contributed by atoms with Crippen LogP contribution in [0.2, 0.25) is 5.15 Å². The van der Waals surface area contributed by atoms with E-state index >= 15 is 0 Å². The summed E-state index contributed by atoms with van der Waals surface area (Å²) in [5.74, 6) is 0.866. The van der Waals surface area contributed by atoms with Crippen LogP contribution in [0.25, 0.3) is 22.4 Å². The smallest absolute Gasteiger partial charge is 0.358 e. The zero-order valence-electron chi connectivity index (χ0n) is 19.7. The van der Waals surface area contributed by atoms with Crippen molar-refractivity contribution in [2.45, 2.75) is 33.7 Å². The first-order valence-corrected chi connectivity index (χ1v) is 11.0. The standard InChI is InChI=1S/C24H24ClN5O4/c1-11-9-15(12(2)26-17-7-8-18(25)28-21(17)24(32)33-6)20-16(10-11)23(31)30(5)22(29-20)19-13(3)34-14(4)27-19/h7-10,12,26H,1-6H3/t12-/m1/s1. The number of esters is 1. The monoisotopic (exact) mass is 481 g/mol. The van der Waals surface area contributed by atoms with Crippen molar-refractivity contribution in [3.8, 4) is 11.5 Å². The zero-order valence-corrected chi connectivity index (χ0v) is 20.4. The number of aromatic nitrogens is 4. The predicted molar refractivity (Wildman–Crippen MR) is 129 cm³/mol. The maximum atomic E-state index is 13.3. The number of methoxy groups -OCH3 is 1. The number of aryl methyl sites for hydroxylation is 3. The minimum absolute atomic E-state index is 0.0667. The van der Waals surface area contributed by atoms with Gasteiger partial charge in [-0.3, -0.25) is 9.36 Å². The number of ether oxygens (including phenoxy) is 1. The second-order valence-corrected chi connectivity index (χ2v) is 8.46. The van der Waals surface area contributed by atoms with Gasteiger partial charge in [0.2, 0.25) is 0 Å². The van der Waals surface area contributed by atoms with Crippen LogP contribution in [-0.2, 0) is 11.8 Å². The maximum absolute atomic E-state index is 13.3. The van der Waals surface area contributed by atoms with E-state index in [1.54, 1.807) is 33.0 Å². The first kappa shape index (κ1) is 23.4. The molecule has 0 aliphatic carbocycles. The molecule has 0 spiro atoms. The Morgan fingerprint density at radius 3 is 2.56 bits per heavy atom. The van der Waals surface area contributed by atoms with Crippen LogP contribution in [0.4, 0.5) is 5.69 Å². The van der Waals surface area contributed by atoms with E-state index in [9.17, 15) is 9.59 Å². The Morgan fingerprint density at radius 1 is 1.18 bits per heavy atom. The fourth-order valence-corrected chi connectivity index (χ4v) is 4.09. The summed E-state index contributed by atoms with van der Waals surface area (Å²) in [4.78, 5) is 38.9. The minimum atomic E-state index is -0.613. The summed E-state index contributed by atoms with van der Waals surface area (Å²) in [6.45, 7) is 7.36. The molecule has 0 aliphatic heterocycles.